The van der Waals surface area contributed by atoms with Gasteiger partial charge in [-0.2, -0.15) is 0 Å². The molecule has 1 heterocycles. The first-order valence-electron chi connectivity index (χ1n) is 6.73. The van der Waals surface area contributed by atoms with Crippen molar-refractivity contribution in [2.75, 3.05) is 0 Å². The molecule has 4 heteroatoms. The summed E-state index contributed by atoms with van der Waals surface area (Å²) in [4.78, 5) is 0. The van der Waals surface area contributed by atoms with Crippen LogP contribution in [0.25, 0.3) is 0 Å². The van der Waals surface area contributed by atoms with Crippen LogP contribution in [0.4, 0.5) is 0 Å². The van der Waals surface area contributed by atoms with Crippen LogP contribution in [0.5, 0.6) is 0 Å². The van der Waals surface area contributed by atoms with E-state index in [0.29, 0.717) is 5.60 Å². The average molecular weight is 261 g/mol. The first-order valence-corrected chi connectivity index (χ1v) is 16.6. The highest BCUT2D eigenvalue weighted by Crippen LogP contribution is 2.38. The van der Waals surface area contributed by atoms with Gasteiger partial charge >= 0.3 is 0 Å². The molecule has 0 radical (unpaired) electrons. The summed E-state index contributed by atoms with van der Waals surface area (Å²) in [5.74, 6) is 0. The fraction of sp³-hybridized carbons (Fsp3) is 1.00. The van der Waals surface area contributed by atoms with Crippen LogP contribution in [-0.4, -0.2) is 30.3 Å². The molecule has 1 saturated heterocycles. The van der Waals surface area contributed by atoms with Gasteiger partial charge in [0.25, 0.3) is 0 Å². The predicted molar refractivity (Wildman–Crippen MR) is 77.5 cm³/mol. The summed E-state index contributed by atoms with van der Waals surface area (Å²) in [6.45, 7) is 12.1. The third-order valence-electron chi connectivity index (χ3n) is 4.66. The molecule has 15 heavy (non-hydrogen) atoms. The highest BCUT2D eigenvalue weighted by molar-refractivity contribution is 7.47. The van der Waals surface area contributed by atoms with Crippen molar-refractivity contribution < 1.29 is 4.43 Å². The van der Waals surface area contributed by atoms with Crippen LogP contribution in [0.3, 0.4) is 0 Å². The lowest BCUT2D eigenvalue weighted by atomic mass is 10.0. The SMILES string of the molecule is CCC1(CC)C[Si](CC)(CC)[SiH2][SiH](C)O1. The monoisotopic (exact) mass is 260 g/mol. The zero-order valence-corrected chi connectivity index (χ0v) is 14.8. The highest BCUT2D eigenvalue weighted by atomic mass is 29.6. The van der Waals surface area contributed by atoms with Gasteiger partial charge in [-0.15, -0.1) is 0 Å². The molecule has 0 aromatic heterocycles. The standard InChI is InChI=1S/C11H28OSi3/c1-6-11(7-2)10-15(8-3,9-4)13-14(5)12-11/h14H,6-10,13H2,1-5H3. The Kier molecular flexibility index (Phi) is 4.83. The van der Waals surface area contributed by atoms with Gasteiger partial charge in [0, 0.05) is 16.1 Å². The van der Waals surface area contributed by atoms with Crippen molar-refractivity contribution in [3.8, 4) is 0 Å². The molecule has 0 saturated carbocycles. The van der Waals surface area contributed by atoms with Crippen LogP contribution in [0.2, 0.25) is 24.7 Å². The quantitative estimate of drug-likeness (QED) is 0.706. The largest absolute Gasteiger partial charge is 0.419 e. The van der Waals surface area contributed by atoms with E-state index in [1.807, 2.05) is 0 Å². The Balaban J connectivity index is 2.87. The van der Waals surface area contributed by atoms with Gasteiger partial charge in [0.05, 0.1) is 5.60 Å². The molecule has 0 N–H and O–H groups in total. The van der Waals surface area contributed by atoms with Gasteiger partial charge in [0.15, 0.2) is 8.56 Å². The molecular weight excluding hydrogens is 232 g/mol. The molecule has 1 aliphatic rings. The van der Waals surface area contributed by atoms with Gasteiger partial charge < -0.3 is 4.43 Å². The van der Waals surface area contributed by atoms with E-state index in [1.165, 1.54) is 31.0 Å². The van der Waals surface area contributed by atoms with Crippen LogP contribution >= 0.6 is 0 Å². The molecule has 0 aromatic rings. The van der Waals surface area contributed by atoms with Crippen LogP contribution < -0.4 is 0 Å². The van der Waals surface area contributed by atoms with Crippen LogP contribution in [0.15, 0.2) is 0 Å². The van der Waals surface area contributed by atoms with Crippen LogP contribution in [-0.2, 0) is 4.43 Å². The minimum Gasteiger partial charge on any atom is -0.419 e. The Morgan fingerprint density at radius 2 is 1.73 bits per heavy atom. The third-order valence-corrected chi connectivity index (χ3v) is 32.9. The number of hydrogen-bond donors (Lipinski definition) is 0. The number of rotatable bonds is 4. The molecule has 90 valence electrons. The van der Waals surface area contributed by atoms with Gasteiger partial charge in [-0.3, -0.25) is 0 Å². The smallest absolute Gasteiger partial charge is 0.153 e. The lowest BCUT2D eigenvalue weighted by Gasteiger charge is -2.48. The molecule has 1 nitrogen and oxygen atoms in total. The lowest BCUT2D eigenvalue weighted by Crippen LogP contribution is -2.61. The van der Waals surface area contributed by atoms with Crippen molar-refractivity contribution in [3.63, 3.8) is 0 Å². The van der Waals surface area contributed by atoms with Gasteiger partial charge in [0.2, 0.25) is 0 Å². The van der Waals surface area contributed by atoms with Gasteiger partial charge in [-0.05, 0) is 18.9 Å². The molecule has 0 aromatic carbocycles. The molecule has 1 aliphatic heterocycles. The molecule has 0 spiro atoms. The zero-order valence-electron chi connectivity index (χ0n) is 11.2. The molecule has 1 atom stereocenters. The molecule has 1 unspecified atom stereocenters. The second-order valence-electron chi connectivity index (χ2n) is 5.41. The summed E-state index contributed by atoms with van der Waals surface area (Å²) >= 11 is 0. The summed E-state index contributed by atoms with van der Waals surface area (Å²) in [5, 5.41) is 0. The van der Waals surface area contributed by atoms with Crippen molar-refractivity contribution in [1.29, 1.82) is 0 Å². The third kappa shape index (κ3) is 2.84. The van der Waals surface area contributed by atoms with Crippen LogP contribution in [0.1, 0.15) is 40.5 Å². The molecule has 0 bridgehead atoms. The lowest BCUT2D eigenvalue weighted by molar-refractivity contribution is 0.0798. The average Bonchev–Trinajstić information content (AvgIpc) is 2.28. The highest BCUT2D eigenvalue weighted by Gasteiger charge is 2.46. The maximum atomic E-state index is 6.47. The summed E-state index contributed by atoms with van der Waals surface area (Å²) in [6.07, 6.45) is 2.51. The predicted octanol–water partition coefficient (Wildman–Crippen LogP) is 2.58. The Bertz CT molecular complexity index is 180. The molecular formula is C11H28OSi3. The summed E-state index contributed by atoms with van der Waals surface area (Å²) in [5.41, 5.74) is 0.329. The fourth-order valence-electron chi connectivity index (χ4n) is 3.33. The van der Waals surface area contributed by atoms with Gasteiger partial charge in [-0.25, -0.2) is 0 Å². The van der Waals surface area contributed by atoms with E-state index in [0.717, 1.165) is 0 Å². The Morgan fingerprint density at radius 3 is 2.13 bits per heavy atom. The van der Waals surface area contributed by atoms with Crippen molar-refractivity contribution in [1.82, 2.24) is 0 Å². The second kappa shape index (κ2) is 5.29. The van der Waals surface area contributed by atoms with Gasteiger partial charge in [-0.1, -0.05) is 46.3 Å². The second-order valence-corrected chi connectivity index (χ2v) is 25.3. The van der Waals surface area contributed by atoms with E-state index in [9.17, 15) is 0 Å². The Hall–Kier alpha value is 0.611. The Labute approximate surface area is 100 Å². The molecule has 1 rings (SSSR count). The minimum atomic E-state index is -0.795. The summed E-state index contributed by atoms with van der Waals surface area (Å²) < 4.78 is 6.47. The van der Waals surface area contributed by atoms with E-state index in [2.05, 4.69) is 34.2 Å². The van der Waals surface area contributed by atoms with E-state index < -0.39 is 16.1 Å². The summed E-state index contributed by atoms with van der Waals surface area (Å²) in [6, 6.07) is 4.58. The van der Waals surface area contributed by atoms with E-state index in [-0.39, 0.29) is 8.55 Å². The topological polar surface area (TPSA) is 9.23 Å². The van der Waals surface area contributed by atoms with Crippen molar-refractivity contribution in [2.45, 2.75) is 70.8 Å². The van der Waals surface area contributed by atoms with Gasteiger partial charge in [0.1, 0.15) is 0 Å². The van der Waals surface area contributed by atoms with E-state index in [1.54, 1.807) is 0 Å². The zero-order chi connectivity index (χ0) is 11.5. The molecule has 0 amide bonds. The molecule has 1 fully saturated rings. The summed E-state index contributed by atoms with van der Waals surface area (Å²) in [7, 11) is -1.30. The minimum absolute atomic E-state index is 0.208. The Morgan fingerprint density at radius 1 is 1.20 bits per heavy atom. The normalized spacial score (nSPS) is 30.6. The van der Waals surface area contributed by atoms with Crippen LogP contribution in [0, 0.1) is 0 Å². The van der Waals surface area contributed by atoms with E-state index in [4.69, 9.17) is 4.43 Å². The van der Waals surface area contributed by atoms with Crippen molar-refractivity contribution >= 4 is 24.7 Å². The number of hydrogen-bond acceptors (Lipinski definition) is 1. The molecule has 0 aliphatic carbocycles. The van der Waals surface area contributed by atoms with E-state index >= 15 is 0 Å². The van der Waals surface area contributed by atoms with Crippen molar-refractivity contribution in [3.05, 3.63) is 0 Å². The van der Waals surface area contributed by atoms with Crippen molar-refractivity contribution in [2.24, 2.45) is 0 Å². The first kappa shape index (κ1) is 13.7. The maximum Gasteiger partial charge on any atom is 0.153 e. The fourth-order valence-corrected chi connectivity index (χ4v) is 36.5. The first-order chi connectivity index (χ1) is 7.05. The maximum absolute atomic E-state index is 6.47.